The smallest absolute Gasteiger partial charge is 0.293 e. The number of amides is 1. The predicted molar refractivity (Wildman–Crippen MR) is 74.4 cm³/mol. The van der Waals surface area contributed by atoms with E-state index in [1.807, 2.05) is 6.07 Å². The largest absolute Gasteiger partial charge is 0.478 e. The summed E-state index contributed by atoms with van der Waals surface area (Å²) in [6.45, 7) is 2.51. The molecule has 0 radical (unpaired) electrons. The lowest BCUT2D eigenvalue weighted by Gasteiger charge is -2.16. The van der Waals surface area contributed by atoms with Crippen molar-refractivity contribution in [1.29, 1.82) is 5.26 Å². The van der Waals surface area contributed by atoms with E-state index in [4.69, 9.17) is 10.00 Å². The Balaban J connectivity index is 2.62. The molecule has 0 aliphatic rings. The van der Waals surface area contributed by atoms with Crippen LogP contribution < -0.4 is 10.3 Å². The van der Waals surface area contributed by atoms with Crippen LogP contribution in [-0.4, -0.2) is 35.6 Å². The van der Waals surface area contributed by atoms with Gasteiger partial charge in [0.25, 0.3) is 11.5 Å². The van der Waals surface area contributed by atoms with Gasteiger partial charge in [-0.1, -0.05) is 13.3 Å². The lowest BCUT2D eigenvalue weighted by Crippen LogP contribution is -2.33. The maximum Gasteiger partial charge on any atom is 0.293 e. The second-order valence-electron chi connectivity index (χ2n) is 4.42. The Bertz CT molecular complexity index is 545. The highest BCUT2D eigenvalue weighted by molar-refractivity contribution is 5.77. The first-order chi connectivity index (χ1) is 9.60. The Kier molecular flexibility index (Phi) is 6.30. The number of nitrogens with zero attached hydrogens (tertiary/aromatic N) is 3. The molecule has 108 valence electrons. The Morgan fingerprint density at radius 1 is 1.55 bits per heavy atom. The van der Waals surface area contributed by atoms with Crippen molar-refractivity contribution < 1.29 is 9.53 Å². The maximum absolute atomic E-state index is 11.9. The molecule has 0 aliphatic heterocycles. The third kappa shape index (κ3) is 4.43. The summed E-state index contributed by atoms with van der Waals surface area (Å²) in [5.74, 6) is -0.0893. The number of hydrogen-bond acceptors (Lipinski definition) is 4. The third-order valence-corrected chi connectivity index (χ3v) is 2.85. The number of carbonyl (C=O) groups is 1. The highest BCUT2D eigenvalue weighted by Crippen LogP contribution is 2.02. The molecular weight excluding hydrogens is 258 g/mol. The Morgan fingerprint density at radius 3 is 2.95 bits per heavy atom. The van der Waals surface area contributed by atoms with Crippen LogP contribution in [0.25, 0.3) is 0 Å². The quantitative estimate of drug-likeness (QED) is 0.745. The summed E-state index contributed by atoms with van der Waals surface area (Å²) < 4.78 is 6.49. The molecule has 0 unspecified atom stereocenters. The van der Waals surface area contributed by atoms with E-state index in [-0.39, 0.29) is 24.8 Å². The van der Waals surface area contributed by atoms with Crippen LogP contribution in [0.15, 0.2) is 23.1 Å². The number of carbonyl (C=O) groups excluding carboxylic acids is 1. The van der Waals surface area contributed by atoms with E-state index in [1.54, 1.807) is 18.0 Å². The second kappa shape index (κ2) is 8.00. The molecule has 0 saturated heterocycles. The summed E-state index contributed by atoms with van der Waals surface area (Å²) in [7, 11) is 1.71. The summed E-state index contributed by atoms with van der Waals surface area (Å²) in [5, 5.41) is 8.60. The van der Waals surface area contributed by atoms with Gasteiger partial charge in [0.15, 0.2) is 12.4 Å². The first kappa shape index (κ1) is 15.8. The minimum Gasteiger partial charge on any atom is -0.478 e. The number of likely N-dealkylation sites (N-methyl/N-ethyl adjacent to an activating group) is 1. The van der Waals surface area contributed by atoms with Gasteiger partial charge in [-0.3, -0.25) is 14.2 Å². The molecule has 0 aliphatic carbocycles. The Morgan fingerprint density at radius 2 is 2.30 bits per heavy atom. The van der Waals surface area contributed by atoms with Gasteiger partial charge in [0.2, 0.25) is 0 Å². The van der Waals surface area contributed by atoms with E-state index in [0.29, 0.717) is 6.54 Å². The fourth-order valence-electron chi connectivity index (χ4n) is 1.60. The van der Waals surface area contributed by atoms with E-state index in [9.17, 15) is 9.59 Å². The Labute approximate surface area is 118 Å². The van der Waals surface area contributed by atoms with E-state index in [2.05, 4.69) is 6.92 Å². The molecule has 6 heteroatoms. The predicted octanol–water partition coefficient (Wildman–Crippen LogP) is 1.01. The number of aromatic nitrogens is 1. The Hall–Kier alpha value is -2.29. The fourth-order valence-corrected chi connectivity index (χ4v) is 1.60. The lowest BCUT2D eigenvalue weighted by molar-refractivity contribution is -0.132. The number of unbranched alkanes of at least 4 members (excludes halogenated alkanes) is 1. The van der Waals surface area contributed by atoms with Gasteiger partial charge >= 0.3 is 0 Å². The lowest BCUT2D eigenvalue weighted by atomic mass is 10.3. The summed E-state index contributed by atoms with van der Waals surface area (Å²) in [6, 6.07) is 5.00. The summed E-state index contributed by atoms with van der Waals surface area (Å²) in [6.07, 6.45) is 3.45. The highest BCUT2D eigenvalue weighted by atomic mass is 16.5. The molecule has 0 atom stereocenters. The first-order valence-electron chi connectivity index (χ1n) is 6.53. The molecule has 0 fully saturated rings. The van der Waals surface area contributed by atoms with Gasteiger partial charge in [-0.05, 0) is 18.6 Å². The van der Waals surface area contributed by atoms with E-state index in [0.717, 1.165) is 12.8 Å². The molecule has 6 nitrogen and oxygen atoms in total. The van der Waals surface area contributed by atoms with Crippen molar-refractivity contribution >= 4 is 5.91 Å². The number of rotatable bonds is 7. The number of hydrogen-bond donors (Lipinski definition) is 0. The van der Waals surface area contributed by atoms with Crippen LogP contribution in [0.1, 0.15) is 19.8 Å². The number of pyridine rings is 1. The normalized spacial score (nSPS) is 9.85. The average Bonchev–Trinajstić information content (AvgIpc) is 2.45. The van der Waals surface area contributed by atoms with Gasteiger partial charge < -0.3 is 9.64 Å². The van der Waals surface area contributed by atoms with E-state index < -0.39 is 5.56 Å². The molecule has 0 saturated carbocycles. The van der Waals surface area contributed by atoms with Gasteiger partial charge in [0, 0.05) is 19.8 Å². The van der Waals surface area contributed by atoms with Crippen molar-refractivity contribution in [2.24, 2.45) is 0 Å². The molecule has 1 rings (SSSR count). The van der Waals surface area contributed by atoms with Crippen molar-refractivity contribution in [2.75, 3.05) is 20.2 Å². The third-order valence-electron chi connectivity index (χ3n) is 2.85. The van der Waals surface area contributed by atoms with Crippen molar-refractivity contribution in [1.82, 2.24) is 9.47 Å². The molecule has 1 amide bonds. The molecule has 0 aromatic carbocycles. The zero-order chi connectivity index (χ0) is 15.0. The standard InChI is InChI=1S/C14H19N3O3/c1-3-4-8-16(2)13(18)11-20-12-6-5-9-17(10-7-15)14(12)19/h5-6,9H,3-4,8,10-11H2,1-2H3. The van der Waals surface area contributed by atoms with Crippen LogP contribution in [0.3, 0.4) is 0 Å². The van der Waals surface area contributed by atoms with Crippen LogP contribution in [0, 0.1) is 11.3 Å². The molecule has 1 aromatic rings. The molecule has 0 spiro atoms. The minimum absolute atomic E-state index is 0.0413. The number of nitriles is 1. The van der Waals surface area contributed by atoms with Crippen molar-refractivity contribution in [3.05, 3.63) is 28.7 Å². The SMILES string of the molecule is CCCCN(C)C(=O)COc1cccn(CC#N)c1=O. The van der Waals surface area contributed by atoms with Crippen molar-refractivity contribution in [3.63, 3.8) is 0 Å². The molecule has 20 heavy (non-hydrogen) atoms. The van der Waals surface area contributed by atoms with Crippen LogP contribution >= 0.6 is 0 Å². The van der Waals surface area contributed by atoms with Crippen LogP contribution in [0.2, 0.25) is 0 Å². The highest BCUT2D eigenvalue weighted by Gasteiger charge is 2.11. The summed E-state index contributed by atoms with van der Waals surface area (Å²) >= 11 is 0. The van der Waals surface area contributed by atoms with Crippen LogP contribution in [-0.2, 0) is 11.3 Å². The zero-order valence-corrected chi connectivity index (χ0v) is 11.8. The molecule has 1 heterocycles. The van der Waals surface area contributed by atoms with Gasteiger partial charge in [0.1, 0.15) is 6.54 Å². The van der Waals surface area contributed by atoms with Crippen molar-refractivity contribution in [2.45, 2.75) is 26.3 Å². The zero-order valence-electron chi connectivity index (χ0n) is 11.8. The summed E-state index contributed by atoms with van der Waals surface area (Å²) in [4.78, 5) is 25.2. The van der Waals surface area contributed by atoms with Crippen LogP contribution in [0.5, 0.6) is 5.75 Å². The van der Waals surface area contributed by atoms with Crippen LogP contribution in [0.4, 0.5) is 0 Å². The monoisotopic (exact) mass is 277 g/mol. The van der Waals surface area contributed by atoms with Crippen molar-refractivity contribution in [3.8, 4) is 11.8 Å². The van der Waals surface area contributed by atoms with E-state index >= 15 is 0 Å². The van der Waals surface area contributed by atoms with Gasteiger partial charge in [-0.2, -0.15) is 5.26 Å². The van der Waals surface area contributed by atoms with Gasteiger partial charge in [0.05, 0.1) is 6.07 Å². The topological polar surface area (TPSA) is 75.3 Å². The molecule has 0 N–H and O–H groups in total. The average molecular weight is 277 g/mol. The maximum atomic E-state index is 11.9. The molecule has 0 bridgehead atoms. The van der Waals surface area contributed by atoms with Gasteiger partial charge in [-0.15, -0.1) is 0 Å². The molecule has 1 aromatic heterocycles. The second-order valence-corrected chi connectivity index (χ2v) is 4.42. The fraction of sp³-hybridized carbons (Fsp3) is 0.500. The number of ether oxygens (including phenoxy) is 1. The minimum atomic E-state index is -0.405. The first-order valence-corrected chi connectivity index (χ1v) is 6.53. The molecular formula is C14H19N3O3. The van der Waals surface area contributed by atoms with Gasteiger partial charge in [-0.25, -0.2) is 0 Å². The summed E-state index contributed by atoms with van der Waals surface area (Å²) in [5.41, 5.74) is -0.405. The van der Waals surface area contributed by atoms with E-state index in [1.165, 1.54) is 16.8 Å².